The number of nitrogens with zero attached hydrogens (tertiary/aromatic N) is 2. The number of benzene rings is 1. The molecule has 5 heteroatoms. The third-order valence-corrected chi connectivity index (χ3v) is 3.43. The van der Waals surface area contributed by atoms with Crippen LogP contribution in [0, 0.1) is 23.1 Å². The van der Waals surface area contributed by atoms with E-state index in [1.165, 1.54) is 6.07 Å². The van der Waals surface area contributed by atoms with Crippen molar-refractivity contribution in [3.63, 3.8) is 0 Å². The van der Waals surface area contributed by atoms with Gasteiger partial charge in [-0.25, -0.2) is 4.39 Å². The summed E-state index contributed by atoms with van der Waals surface area (Å²) in [6.45, 7) is 1.87. The molecule has 4 nitrogen and oxygen atoms in total. The van der Waals surface area contributed by atoms with E-state index in [0.29, 0.717) is 18.7 Å². The summed E-state index contributed by atoms with van der Waals surface area (Å²) in [4.78, 5) is 12.7. The van der Waals surface area contributed by atoms with Crippen LogP contribution in [0.2, 0.25) is 0 Å². The first-order valence-corrected chi connectivity index (χ1v) is 6.21. The molecule has 1 saturated heterocycles. The molecule has 0 radical (unpaired) electrons. The number of hydrogen-bond acceptors (Lipinski definition) is 3. The van der Waals surface area contributed by atoms with Gasteiger partial charge in [0.25, 0.3) is 0 Å². The molecule has 0 aliphatic carbocycles. The molecule has 1 aromatic rings. The van der Waals surface area contributed by atoms with Gasteiger partial charge in [-0.05, 0) is 24.9 Å². The Bertz CT molecular complexity index is 525. The standard InChI is InChI=1S/C14H15FN2O2/c15-14-11(7-16)2-1-3-12(14)9-17-5-4-10(8-17)6-13(18)19/h1-3,10H,4-6,8-9H2,(H,18,19). The fourth-order valence-corrected chi connectivity index (χ4v) is 2.50. The quantitative estimate of drug-likeness (QED) is 0.901. The molecule has 1 aliphatic heterocycles. The lowest BCUT2D eigenvalue weighted by Crippen LogP contribution is -2.21. The van der Waals surface area contributed by atoms with E-state index in [1.54, 1.807) is 12.1 Å². The minimum Gasteiger partial charge on any atom is -0.481 e. The van der Waals surface area contributed by atoms with Gasteiger partial charge in [0.15, 0.2) is 0 Å². The average molecular weight is 262 g/mol. The Morgan fingerprint density at radius 3 is 3.05 bits per heavy atom. The molecule has 0 amide bonds. The highest BCUT2D eigenvalue weighted by molar-refractivity contribution is 5.67. The number of carboxylic acid groups (broad SMARTS) is 1. The Hall–Kier alpha value is -1.93. The average Bonchev–Trinajstić information content (AvgIpc) is 2.78. The van der Waals surface area contributed by atoms with Gasteiger partial charge in [-0.15, -0.1) is 0 Å². The van der Waals surface area contributed by atoms with E-state index in [-0.39, 0.29) is 17.9 Å². The molecule has 100 valence electrons. The normalized spacial score (nSPS) is 19.3. The molecule has 1 fully saturated rings. The molecule has 1 aliphatic rings. The number of hydrogen-bond donors (Lipinski definition) is 1. The predicted molar refractivity (Wildman–Crippen MR) is 66.8 cm³/mol. The van der Waals surface area contributed by atoms with Crippen molar-refractivity contribution in [2.45, 2.75) is 19.4 Å². The van der Waals surface area contributed by atoms with E-state index < -0.39 is 11.8 Å². The van der Waals surface area contributed by atoms with Crippen molar-refractivity contribution < 1.29 is 14.3 Å². The highest BCUT2D eigenvalue weighted by Crippen LogP contribution is 2.23. The maximum Gasteiger partial charge on any atom is 0.303 e. The summed E-state index contributed by atoms with van der Waals surface area (Å²) in [5.74, 6) is -1.11. The van der Waals surface area contributed by atoms with Crippen LogP contribution in [0.25, 0.3) is 0 Å². The van der Waals surface area contributed by atoms with Crippen LogP contribution in [0.4, 0.5) is 4.39 Å². The van der Waals surface area contributed by atoms with E-state index in [1.807, 2.05) is 11.0 Å². The Kier molecular flexibility index (Phi) is 4.13. The van der Waals surface area contributed by atoms with Gasteiger partial charge in [-0.2, -0.15) is 5.26 Å². The maximum atomic E-state index is 13.9. The Morgan fingerprint density at radius 2 is 2.37 bits per heavy atom. The van der Waals surface area contributed by atoms with Crippen LogP contribution in [0.1, 0.15) is 24.0 Å². The first-order valence-electron chi connectivity index (χ1n) is 6.21. The van der Waals surface area contributed by atoms with Gasteiger partial charge in [0.05, 0.1) is 5.56 Å². The summed E-state index contributed by atoms with van der Waals surface area (Å²) >= 11 is 0. The molecule has 0 saturated carbocycles. The fourth-order valence-electron chi connectivity index (χ4n) is 2.50. The van der Waals surface area contributed by atoms with Crippen LogP contribution in [0.3, 0.4) is 0 Å². The number of halogens is 1. The summed E-state index contributed by atoms with van der Waals surface area (Å²) in [6, 6.07) is 6.61. The Balaban J connectivity index is 2.00. The van der Waals surface area contributed by atoms with Crippen molar-refractivity contribution in [3.05, 3.63) is 35.1 Å². The van der Waals surface area contributed by atoms with E-state index in [4.69, 9.17) is 10.4 Å². The molecular weight excluding hydrogens is 247 g/mol. The van der Waals surface area contributed by atoms with Gasteiger partial charge in [-0.1, -0.05) is 12.1 Å². The fraction of sp³-hybridized carbons (Fsp3) is 0.429. The highest BCUT2D eigenvalue weighted by Gasteiger charge is 2.25. The molecule has 1 N–H and O–H groups in total. The van der Waals surface area contributed by atoms with Gasteiger partial charge in [0.2, 0.25) is 0 Å². The van der Waals surface area contributed by atoms with Crippen molar-refractivity contribution in [2.24, 2.45) is 5.92 Å². The predicted octanol–water partition coefficient (Wildman–Crippen LogP) is 1.99. The molecule has 1 aromatic carbocycles. The number of aliphatic carboxylic acids is 1. The topological polar surface area (TPSA) is 64.3 Å². The second-order valence-corrected chi connectivity index (χ2v) is 4.88. The van der Waals surface area contributed by atoms with Gasteiger partial charge in [-0.3, -0.25) is 9.69 Å². The smallest absolute Gasteiger partial charge is 0.303 e. The zero-order valence-electron chi connectivity index (χ0n) is 10.5. The van der Waals surface area contributed by atoms with Crippen molar-refractivity contribution in [1.29, 1.82) is 5.26 Å². The number of rotatable bonds is 4. The van der Waals surface area contributed by atoms with E-state index >= 15 is 0 Å². The summed E-state index contributed by atoms with van der Waals surface area (Å²) in [7, 11) is 0. The van der Waals surface area contributed by atoms with Gasteiger partial charge in [0.1, 0.15) is 11.9 Å². The molecule has 0 spiro atoms. The minimum absolute atomic E-state index is 0.0544. The van der Waals surface area contributed by atoms with Crippen molar-refractivity contribution in [3.8, 4) is 6.07 Å². The van der Waals surface area contributed by atoms with Crippen molar-refractivity contribution >= 4 is 5.97 Å². The SMILES string of the molecule is N#Cc1cccc(CN2CCC(CC(=O)O)C2)c1F. The molecule has 0 bridgehead atoms. The van der Waals surface area contributed by atoms with Crippen LogP contribution in [-0.2, 0) is 11.3 Å². The second kappa shape index (κ2) is 5.81. The molecule has 2 rings (SSSR count). The van der Waals surface area contributed by atoms with Crippen molar-refractivity contribution in [2.75, 3.05) is 13.1 Å². The van der Waals surface area contributed by atoms with E-state index in [0.717, 1.165) is 13.0 Å². The number of carbonyl (C=O) groups is 1. The van der Waals surface area contributed by atoms with Crippen LogP contribution in [-0.4, -0.2) is 29.1 Å². The Morgan fingerprint density at radius 1 is 1.58 bits per heavy atom. The summed E-state index contributed by atoms with van der Waals surface area (Å²) in [6.07, 6.45) is 0.989. The van der Waals surface area contributed by atoms with Crippen LogP contribution < -0.4 is 0 Å². The maximum absolute atomic E-state index is 13.9. The molecule has 1 unspecified atom stereocenters. The zero-order chi connectivity index (χ0) is 13.8. The minimum atomic E-state index is -0.787. The third-order valence-electron chi connectivity index (χ3n) is 3.43. The summed E-state index contributed by atoms with van der Waals surface area (Å²) in [5, 5.41) is 17.5. The van der Waals surface area contributed by atoms with E-state index in [2.05, 4.69) is 0 Å². The van der Waals surface area contributed by atoms with Crippen LogP contribution in [0.5, 0.6) is 0 Å². The molecular formula is C14H15FN2O2. The molecule has 1 atom stereocenters. The summed E-state index contributed by atoms with van der Waals surface area (Å²) in [5.41, 5.74) is 0.550. The highest BCUT2D eigenvalue weighted by atomic mass is 19.1. The molecule has 1 heterocycles. The number of likely N-dealkylation sites (tertiary alicyclic amines) is 1. The molecule has 19 heavy (non-hydrogen) atoms. The first-order chi connectivity index (χ1) is 9.10. The van der Waals surface area contributed by atoms with Crippen molar-refractivity contribution in [1.82, 2.24) is 4.90 Å². The summed E-state index contributed by atoms with van der Waals surface area (Å²) < 4.78 is 13.9. The van der Waals surface area contributed by atoms with Crippen LogP contribution >= 0.6 is 0 Å². The van der Waals surface area contributed by atoms with E-state index in [9.17, 15) is 9.18 Å². The third kappa shape index (κ3) is 3.30. The largest absolute Gasteiger partial charge is 0.481 e. The lowest BCUT2D eigenvalue weighted by atomic mass is 10.1. The zero-order valence-corrected chi connectivity index (χ0v) is 10.5. The number of carboxylic acids is 1. The monoisotopic (exact) mass is 262 g/mol. The lowest BCUT2D eigenvalue weighted by Gasteiger charge is -2.16. The Labute approximate surface area is 111 Å². The molecule has 0 aromatic heterocycles. The van der Waals surface area contributed by atoms with Crippen LogP contribution in [0.15, 0.2) is 18.2 Å². The second-order valence-electron chi connectivity index (χ2n) is 4.88. The lowest BCUT2D eigenvalue weighted by molar-refractivity contribution is -0.138. The van der Waals surface area contributed by atoms with Gasteiger partial charge >= 0.3 is 5.97 Å². The first kappa shape index (κ1) is 13.5. The number of nitriles is 1. The van der Waals surface area contributed by atoms with Gasteiger partial charge < -0.3 is 5.11 Å². The van der Waals surface area contributed by atoms with Gasteiger partial charge in [0, 0.05) is 25.1 Å².